The van der Waals surface area contributed by atoms with E-state index in [1.807, 2.05) is 0 Å². The van der Waals surface area contributed by atoms with Crippen LogP contribution in [0.1, 0.15) is 29.8 Å². The lowest BCUT2D eigenvalue weighted by Gasteiger charge is -2.10. The van der Waals surface area contributed by atoms with Gasteiger partial charge in [-0.3, -0.25) is 4.79 Å². The quantitative estimate of drug-likeness (QED) is 0.825. The third-order valence-electron chi connectivity index (χ3n) is 5.05. The number of fused-ring (bicyclic) bond motifs is 5. The van der Waals surface area contributed by atoms with E-state index in [-0.39, 0.29) is 5.91 Å². The van der Waals surface area contributed by atoms with E-state index in [4.69, 9.17) is 5.73 Å². The summed E-state index contributed by atoms with van der Waals surface area (Å²) in [5.41, 5.74) is 6.63. The smallest absolute Gasteiger partial charge is 0.270 e. The van der Waals surface area contributed by atoms with Gasteiger partial charge in [0.2, 0.25) is 0 Å². The van der Waals surface area contributed by atoms with Crippen molar-refractivity contribution in [2.75, 3.05) is 5.73 Å². The first-order valence-corrected chi connectivity index (χ1v) is 6.76. The van der Waals surface area contributed by atoms with Gasteiger partial charge in [0.15, 0.2) is 0 Å². The fraction of sp³-hybridized carbons (Fsp3) is 0.571. The molecule has 3 saturated carbocycles. The summed E-state index contributed by atoms with van der Waals surface area (Å²) in [6, 6.07) is 3.83. The number of carbonyl (C=O) groups excluding carboxylic acids is 1. The maximum Gasteiger partial charge on any atom is 0.270 e. The first-order valence-electron chi connectivity index (χ1n) is 6.76. The van der Waals surface area contributed by atoms with Crippen LogP contribution in [-0.2, 0) is 0 Å². The van der Waals surface area contributed by atoms with Crippen molar-refractivity contribution in [3.05, 3.63) is 24.0 Å². The molecule has 2 bridgehead atoms. The third-order valence-corrected chi connectivity index (χ3v) is 5.05. The molecule has 3 aliphatic rings. The highest BCUT2D eigenvalue weighted by Gasteiger charge is 2.65. The van der Waals surface area contributed by atoms with Gasteiger partial charge >= 0.3 is 0 Å². The molecule has 1 aromatic rings. The summed E-state index contributed by atoms with van der Waals surface area (Å²) < 4.78 is 0. The lowest BCUT2D eigenvalue weighted by atomic mass is 10.0. The lowest BCUT2D eigenvalue weighted by molar-refractivity contribution is 0.0939. The summed E-state index contributed by atoms with van der Waals surface area (Å²) in [5.74, 6) is 3.24. The van der Waals surface area contributed by atoms with Crippen LogP contribution in [0.2, 0.25) is 0 Å². The van der Waals surface area contributed by atoms with Gasteiger partial charge in [0.25, 0.3) is 5.91 Å². The molecule has 0 saturated heterocycles. The predicted octanol–water partition coefficient (Wildman–Crippen LogP) is 1.44. The first kappa shape index (κ1) is 10.4. The SMILES string of the molecule is Nc1ccc(C(=O)NC2C3C4CCC(C4)C23)nc1. The topological polar surface area (TPSA) is 68.0 Å². The molecule has 0 radical (unpaired) electrons. The molecule has 3 N–H and O–H groups in total. The van der Waals surface area contributed by atoms with Crippen molar-refractivity contribution in [3.63, 3.8) is 0 Å². The molecule has 1 aromatic heterocycles. The van der Waals surface area contributed by atoms with E-state index >= 15 is 0 Å². The molecule has 0 spiro atoms. The van der Waals surface area contributed by atoms with Crippen LogP contribution in [0.3, 0.4) is 0 Å². The Balaban J connectivity index is 1.44. The van der Waals surface area contributed by atoms with Crippen LogP contribution in [0.5, 0.6) is 0 Å². The molecular formula is C14H17N3O. The molecule has 4 heteroatoms. The highest BCUT2D eigenvalue weighted by Crippen LogP contribution is 2.65. The number of nitrogens with two attached hydrogens (primary N) is 1. The van der Waals surface area contributed by atoms with Crippen molar-refractivity contribution in [3.8, 4) is 0 Å². The second-order valence-corrected chi connectivity index (χ2v) is 5.96. The summed E-state index contributed by atoms with van der Waals surface area (Å²) in [7, 11) is 0. The molecule has 4 atom stereocenters. The van der Waals surface area contributed by atoms with Crippen molar-refractivity contribution in [1.29, 1.82) is 0 Å². The van der Waals surface area contributed by atoms with E-state index in [0.29, 0.717) is 17.4 Å². The summed E-state index contributed by atoms with van der Waals surface area (Å²) >= 11 is 0. The van der Waals surface area contributed by atoms with E-state index in [1.54, 1.807) is 12.1 Å². The molecular weight excluding hydrogens is 226 g/mol. The van der Waals surface area contributed by atoms with Gasteiger partial charge in [-0.25, -0.2) is 4.98 Å². The van der Waals surface area contributed by atoms with Crippen LogP contribution in [-0.4, -0.2) is 16.9 Å². The van der Waals surface area contributed by atoms with Crippen molar-refractivity contribution in [1.82, 2.24) is 10.3 Å². The molecule has 4 unspecified atom stereocenters. The zero-order chi connectivity index (χ0) is 12.3. The molecule has 1 heterocycles. The lowest BCUT2D eigenvalue weighted by Crippen LogP contribution is -2.30. The number of pyridine rings is 1. The van der Waals surface area contributed by atoms with E-state index in [9.17, 15) is 4.79 Å². The van der Waals surface area contributed by atoms with Crippen LogP contribution < -0.4 is 11.1 Å². The largest absolute Gasteiger partial charge is 0.397 e. The summed E-state index contributed by atoms with van der Waals surface area (Å²) in [6.07, 6.45) is 5.69. The second-order valence-electron chi connectivity index (χ2n) is 5.96. The minimum atomic E-state index is -0.0474. The van der Waals surface area contributed by atoms with E-state index in [0.717, 1.165) is 23.7 Å². The van der Waals surface area contributed by atoms with Crippen LogP contribution in [0.25, 0.3) is 0 Å². The number of rotatable bonds is 2. The van der Waals surface area contributed by atoms with Gasteiger partial charge in [-0.1, -0.05) is 0 Å². The molecule has 4 nitrogen and oxygen atoms in total. The minimum absolute atomic E-state index is 0.0474. The Kier molecular flexibility index (Phi) is 1.99. The van der Waals surface area contributed by atoms with Crippen molar-refractivity contribution in [2.45, 2.75) is 25.3 Å². The average molecular weight is 243 g/mol. The van der Waals surface area contributed by atoms with Crippen molar-refractivity contribution in [2.24, 2.45) is 23.7 Å². The normalized spacial score (nSPS) is 39.4. The molecule has 18 heavy (non-hydrogen) atoms. The number of aromatic nitrogens is 1. The molecule has 3 fully saturated rings. The zero-order valence-corrected chi connectivity index (χ0v) is 10.2. The number of carbonyl (C=O) groups is 1. The maximum atomic E-state index is 12.1. The number of nitrogen functional groups attached to an aromatic ring is 1. The van der Waals surface area contributed by atoms with Gasteiger partial charge in [0.1, 0.15) is 5.69 Å². The number of anilines is 1. The van der Waals surface area contributed by atoms with Gasteiger partial charge in [0.05, 0.1) is 11.9 Å². The van der Waals surface area contributed by atoms with E-state index in [1.165, 1.54) is 25.5 Å². The fourth-order valence-electron chi connectivity index (χ4n) is 4.28. The van der Waals surface area contributed by atoms with Gasteiger partial charge in [0, 0.05) is 6.04 Å². The number of nitrogens with zero attached hydrogens (tertiary/aromatic N) is 1. The van der Waals surface area contributed by atoms with Crippen LogP contribution in [0.4, 0.5) is 5.69 Å². The van der Waals surface area contributed by atoms with Crippen LogP contribution in [0, 0.1) is 23.7 Å². The fourth-order valence-corrected chi connectivity index (χ4v) is 4.28. The van der Waals surface area contributed by atoms with Crippen molar-refractivity contribution >= 4 is 11.6 Å². The maximum absolute atomic E-state index is 12.1. The Morgan fingerprint density at radius 3 is 2.61 bits per heavy atom. The molecule has 0 aromatic carbocycles. The first-order chi connectivity index (χ1) is 8.74. The van der Waals surface area contributed by atoms with E-state index in [2.05, 4.69) is 10.3 Å². The van der Waals surface area contributed by atoms with Gasteiger partial charge in [-0.15, -0.1) is 0 Å². The van der Waals surface area contributed by atoms with Crippen LogP contribution in [0.15, 0.2) is 18.3 Å². The van der Waals surface area contributed by atoms with Crippen molar-refractivity contribution < 1.29 is 4.79 Å². The van der Waals surface area contributed by atoms with Gasteiger partial charge < -0.3 is 11.1 Å². The van der Waals surface area contributed by atoms with Crippen LogP contribution >= 0.6 is 0 Å². The minimum Gasteiger partial charge on any atom is -0.397 e. The Hall–Kier alpha value is -1.58. The molecule has 94 valence electrons. The Bertz CT molecular complexity index is 482. The zero-order valence-electron chi connectivity index (χ0n) is 10.2. The van der Waals surface area contributed by atoms with Gasteiger partial charge in [-0.05, 0) is 55.1 Å². The monoisotopic (exact) mass is 243 g/mol. The summed E-state index contributed by atoms with van der Waals surface area (Å²) in [6.45, 7) is 0. The third kappa shape index (κ3) is 1.38. The molecule has 1 amide bonds. The molecule has 3 aliphatic carbocycles. The Morgan fingerprint density at radius 1 is 1.28 bits per heavy atom. The molecule has 0 aliphatic heterocycles. The van der Waals surface area contributed by atoms with Gasteiger partial charge in [-0.2, -0.15) is 0 Å². The second kappa shape index (κ2) is 3.46. The Morgan fingerprint density at radius 2 is 2.00 bits per heavy atom. The van der Waals surface area contributed by atoms with E-state index < -0.39 is 0 Å². The number of hydrogen-bond donors (Lipinski definition) is 2. The number of amides is 1. The predicted molar refractivity (Wildman–Crippen MR) is 67.7 cm³/mol. The number of hydrogen-bond acceptors (Lipinski definition) is 3. The number of nitrogens with one attached hydrogen (secondary N) is 1. The Labute approximate surface area is 106 Å². The molecule has 4 rings (SSSR count). The highest BCUT2D eigenvalue weighted by molar-refractivity contribution is 5.92. The standard InChI is InChI=1S/C14H17N3O/c15-9-3-4-10(16-6-9)14(18)17-13-11-7-1-2-8(5-7)12(11)13/h3-4,6-8,11-13H,1-2,5,15H2,(H,17,18). The summed E-state index contributed by atoms with van der Waals surface area (Å²) in [5, 5.41) is 3.15. The average Bonchev–Trinajstić information content (AvgIpc) is 2.78. The highest BCUT2D eigenvalue weighted by atomic mass is 16.2. The summed E-state index contributed by atoms with van der Waals surface area (Å²) in [4.78, 5) is 16.1.